The molecule has 1 amide bonds. The van der Waals surface area contributed by atoms with Crippen molar-refractivity contribution in [3.63, 3.8) is 0 Å². The SMILES string of the molecule is C=CN=C(C)C(=O)N(C)C.CC.CC. The van der Waals surface area contributed by atoms with Gasteiger partial charge in [-0.15, -0.1) is 0 Å². The molecular formula is C11H24N2O. The molecule has 0 aromatic heterocycles. The Morgan fingerprint density at radius 2 is 1.57 bits per heavy atom. The Morgan fingerprint density at radius 1 is 1.21 bits per heavy atom. The van der Waals surface area contributed by atoms with Crippen molar-refractivity contribution in [1.82, 2.24) is 4.90 Å². The lowest BCUT2D eigenvalue weighted by Gasteiger charge is -2.07. The van der Waals surface area contributed by atoms with Crippen LogP contribution in [0.15, 0.2) is 17.8 Å². The van der Waals surface area contributed by atoms with Gasteiger partial charge in [0.15, 0.2) is 0 Å². The minimum absolute atomic E-state index is 0.0834. The fourth-order valence-corrected chi connectivity index (χ4v) is 0.516. The average molecular weight is 200 g/mol. The van der Waals surface area contributed by atoms with Gasteiger partial charge in [-0.25, -0.2) is 0 Å². The van der Waals surface area contributed by atoms with Crippen LogP contribution in [0.25, 0.3) is 0 Å². The van der Waals surface area contributed by atoms with Crippen molar-refractivity contribution >= 4 is 11.6 Å². The van der Waals surface area contributed by atoms with Crippen LogP contribution in [0.5, 0.6) is 0 Å². The maximum atomic E-state index is 11.0. The summed E-state index contributed by atoms with van der Waals surface area (Å²) >= 11 is 0. The topological polar surface area (TPSA) is 32.7 Å². The molecule has 0 aliphatic heterocycles. The molecule has 0 bridgehead atoms. The summed E-state index contributed by atoms with van der Waals surface area (Å²) in [5.41, 5.74) is 0.458. The van der Waals surface area contributed by atoms with Gasteiger partial charge in [0, 0.05) is 20.3 Å². The summed E-state index contributed by atoms with van der Waals surface area (Å²) in [7, 11) is 3.37. The van der Waals surface area contributed by atoms with Crippen LogP contribution in [-0.2, 0) is 4.79 Å². The van der Waals surface area contributed by atoms with Crippen LogP contribution < -0.4 is 0 Å². The van der Waals surface area contributed by atoms with E-state index in [1.54, 1.807) is 21.0 Å². The molecular weight excluding hydrogens is 176 g/mol. The highest BCUT2D eigenvalue weighted by Crippen LogP contribution is 1.84. The van der Waals surface area contributed by atoms with E-state index in [-0.39, 0.29) is 5.91 Å². The van der Waals surface area contributed by atoms with Crippen LogP contribution in [0.2, 0.25) is 0 Å². The van der Waals surface area contributed by atoms with Gasteiger partial charge < -0.3 is 4.90 Å². The Balaban J connectivity index is -0.000000266. The highest BCUT2D eigenvalue weighted by atomic mass is 16.2. The van der Waals surface area contributed by atoms with Gasteiger partial charge in [-0.3, -0.25) is 9.79 Å². The summed E-state index contributed by atoms with van der Waals surface area (Å²) < 4.78 is 0. The molecule has 0 aromatic carbocycles. The molecule has 0 saturated heterocycles. The maximum Gasteiger partial charge on any atom is 0.267 e. The zero-order chi connectivity index (χ0) is 12.1. The van der Waals surface area contributed by atoms with Gasteiger partial charge in [0.1, 0.15) is 5.71 Å². The Kier molecular flexibility index (Phi) is 19.2. The molecule has 3 nitrogen and oxygen atoms in total. The van der Waals surface area contributed by atoms with E-state index >= 15 is 0 Å². The zero-order valence-corrected chi connectivity index (χ0v) is 10.6. The lowest BCUT2D eigenvalue weighted by Crippen LogP contribution is -2.27. The van der Waals surface area contributed by atoms with Gasteiger partial charge in [-0.2, -0.15) is 0 Å². The number of amides is 1. The number of hydrogen-bond donors (Lipinski definition) is 0. The summed E-state index contributed by atoms with van der Waals surface area (Å²) in [6, 6.07) is 0. The smallest absolute Gasteiger partial charge is 0.267 e. The highest BCUT2D eigenvalue weighted by molar-refractivity contribution is 6.37. The number of aliphatic imine (C=N–C) groups is 1. The molecule has 0 unspecified atom stereocenters. The molecule has 3 heteroatoms. The normalized spacial score (nSPS) is 8.64. The Labute approximate surface area is 88.5 Å². The quantitative estimate of drug-likeness (QED) is 0.631. The van der Waals surface area contributed by atoms with Crippen LogP contribution in [-0.4, -0.2) is 30.6 Å². The van der Waals surface area contributed by atoms with Crippen molar-refractivity contribution < 1.29 is 4.79 Å². The van der Waals surface area contributed by atoms with Crippen molar-refractivity contribution in [1.29, 1.82) is 0 Å². The predicted octanol–water partition coefficient (Wildman–Crippen LogP) is 2.73. The summed E-state index contributed by atoms with van der Waals surface area (Å²) in [5.74, 6) is -0.0834. The summed E-state index contributed by atoms with van der Waals surface area (Å²) in [4.78, 5) is 16.2. The molecule has 0 radical (unpaired) electrons. The van der Waals surface area contributed by atoms with E-state index in [0.717, 1.165) is 0 Å². The Bertz CT molecular complexity index is 172. The standard InChI is InChI=1S/C7H12N2O.2C2H6/c1-5-8-6(2)7(10)9(3)4;2*1-2/h5H,1H2,2-4H3;2*1-2H3. The van der Waals surface area contributed by atoms with E-state index in [0.29, 0.717) is 5.71 Å². The first-order chi connectivity index (χ1) is 6.59. The molecule has 0 N–H and O–H groups in total. The van der Waals surface area contributed by atoms with E-state index in [9.17, 15) is 4.79 Å². The summed E-state index contributed by atoms with van der Waals surface area (Å²) in [6.45, 7) is 13.0. The first-order valence-electron chi connectivity index (χ1n) is 4.96. The molecule has 0 heterocycles. The number of rotatable bonds is 2. The molecule has 0 aliphatic rings. The van der Waals surface area contributed by atoms with Gasteiger partial charge in [0.25, 0.3) is 5.91 Å². The molecule has 84 valence electrons. The first-order valence-corrected chi connectivity index (χ1v) is 4.96. The second-order valence-corrected chi connectivity index (χ2v) is 2.10. The largest absolute Gasteiger partial charge is 0.344 e. The van der Waals surface area contributed by atoms with Gasteiger partial charge in [0.2, 0.25) is 0 Å². The predicted molar refractivity (Wildman–Crippen MR) is 64.7 cm³/mol. The number of carbonyl (C=O) groups excluding carboxylic acids is 1. The summed E-state index contributed by atoms with van der Waals surface area (Å²) in [5, 5.41) is 0. The molecule has 0 spiro atoms. The first kappa shape index (κ1) is 18.6. The minimum atomic E-state index is -0.0834. The lowest BCUT2D eigenvalue weighted by atomic mass is 10.4. The van der Waals surface area contributed by atoms with Gasteiger partial charge >= 0.3 is 0 Å². The van der Waals surface area contributed by atoms with Crippen molar-refractivity contribution in [2.24, 2.45) is 4.99 Å². The van der Waals surface area contributed by atoms with E-state index in [1.165, 1.54) is 11.1 Å². The third kappa shape index (κ3) is 10.9. The highest BCUT2D eigenvalue weighted by Gasteiger charge is 2.05. The zero-order valence-electron chi connectivity index (χ0n) is 10.6. The monoisotopic (exact) mass is 200 g/mol. The van der Waals surface area contributed by atoms with Crippen molar-refractivity contribution in [2.75, 3.05) is 14.1 Å². The molecule has 14 heavy (non-hydrogen) atoms. The van der Waals surface area contributed by atoms with E-state index in [1.807, 2.05) is 27.7 Å². The van der Waals surface area contributed by atoms with E-state index in [4.69, 9.17) is 0 Å². The van der Waals surface area contributed by atoms with Crippen molar-refractivity contribution in [3.05, 3.63) is 12.8 Å². The molecule has 0 saturated carbocycles. The second-order valence-electron chi connectivity index (χ2n) is 2.10. The number of hydrogen-bond acceptors (Lipinski definition) is 2. The van der Waals surface area contributed by atoms with Crippen molar-refractivity contribution in [3.8, 4) is 0 Å². The molecule has 0 atom stereocenters. The Hall–Kier alpha value is -1.12. The fraction of sp³-hybridized carbons (Fsp3) is 0.636. The van der Waals surface area contributed by atoms with Gasteiger partial charge in [-0.1, -0.05) is 34.3 Å². The van der Waals surface area contributed by atoms with Crippen LogP contribution in [0.1, 0.15) is 34.6 Å². The molecule has 0 aliphatic carbocycles. The maximum absolute atomic E-state index is 11.0. The second kappa shape index (κ2) is 14.4. The lowest BCUT2D eigenvalue weighted by molar-refractivity contribution is -0.121. The van der Waals surface area contributed by atoms with Crippen LogP contribution in [0, 0.1) is 0 Å². The van der Waals surface area contributed by atoms with Gasteiger partial charge in [0.05, 0.1) is 0 Å². The molecule has 0 rings (SSSR count). The minimum Gasteiger partial charge on any atom is -0.344 e. The number of carbonyl (C=O) groups is 1. The van der Waals surface area contributed by atoms with Gasteiger partial charge in [-0.05, 0) is 6.92 Å². The van der Waals surface area contributed by atoms with Crippen LogP contribution in [0.3, 0.4) is 0 Å². The van der Waals surface area contributed by atoms with Crippen LogP contribution >= 0.6 is 0 Å². The average Bonchev–Trinajstić information content (AvgIpc) is 2.23. The van der Waals surface area contributed by atoms with E-state index in [2.05, 4.69) is 11.6 Å². The Morgan fingerprint density at radius 3 is 1.79 bits per heavy atom. The third-order valence-electron chi connectivity index (χ3n) is 1.00. The molecule has 0 fully saturated rings. The fourth-order valence-electron chi connectivity index (χ4n) is 0.516. The molecule has 0 aromatic rings. The van der Waals surface area contributed by atoms with E-state index < -0.39 is 0 Å². The summed E-state index contributed by atoms with van der Waals surface area (Å²) in [6.07, 6.45) is 1.36. The van der Waals surface area contributed by atoms with Crippen LogP contribution in [0.4, 0.5) is 0 Å². The number of nitrogens with zero attached hydrogens (tertiary/aromatic N) is 2. The third-order valence-corrected chi connectivity index (χ3v) is 1.00. The van der Waals surface area contributed by atoms with Crippen molar-refractivity contribution in [2.45, 2.75) is 34.6 Å².